The van der Waals surface area contributed by atoms with Gasteiger partial charge in [-0.15, -0.1) is 0 Å². The van der Waals surface area contributed by atoms with E-state index in [1.807, 2.05) is 0 Å². The molecule has 0 aromatic heterocycles. The molecule has 1 aliphatic rings. The molecule has 1 rings (SSSR count). The minimum absolute atomic E-state index is 0.0828. The Hall–Kier alpha value is -0.530. The summed E-state index contributed by atoms with van der Waals surface area (Å²) in [6.07, 6.45) is 6.62. The van der Waals surface area contributed by atoms with Crippen molar-refractivity contribution < 1.29 is 9.90 Å². The second kappa shape index (κ2) is 7.16. The SMILES string of the molecule is CCC(CC)CC1CC(C(C)C)CCC1C(=O)O. The smallest absolute Gasteiger partial charge is 0.306 e. The number of rotatable bonds is 6. The van der Waals surface area contributed by atoms with Crippen molar-refractivity contribution in [1.82, 2.24) is 0 Å². The molecule has 3 atom stereocenters. The van der Waals surface area contributed by atoms with Crippen molar-refractivity contribution in [1.29, 1.82) is 0 Å². The predicted octanol–water partition coefficient (Wildman–Crippen LogP) is 4.59. The maximum Gasteiger partial charge on any atom is 0.306 e. The molecule has 0 bridgehead atoms. The van der Waals surface area contributed by atoms with Crippen LogP contribution in [0.4, 0.5) is 0 Å². The summed E-state index contributed by atoms with van der Waals surface area (Å²) in [4.78, 5) is 11.4. The van der Waals surface area contributed by atoms with Gasteiger partial charge in [-0.2, -0.15) is 0 Å². The largest absolute Gasteiger partial charge is 0.481 e. The van der Waals surface area contributed by atoms with Crippen LogP contribution >= 0.6 is 0 Å². The van der Waals surface area contributed by atoms with Crippen LogP contribution in [0.2, 0.25) is 0 Å². The third-order valence-corrected chi connectivity index (χ3v) is 5.07. The van der Waals surface area contributed by atoms with Crippen molar-refractivity contribution in [3.05, 3.63) is 0 Å². The molecule has 1 N–H and O–H groups in total. The Balaban J connectivity index is 2.68. The highest BCUT2D eigenvalue weighted by molar-refractivity contribution is 5.70. The Labute approximate surface area is 112 Å². The number of aliphatic carboxylic acids is 1. The fourth-order valence-electron chi connectivity index (χ4n) is 3.54. The van der Waals surface area contributed by atoms with Crippen LogP contribution in [-0.4, -0.2) is 11.1 Å². The topological polar surface area (TPSA) is 37.3 Å². The van der Waals surface area contributed by atoms with Gasteiger partial charge >= 0.3 is 5.97 Å². The van der Waals surface area contributed by atoms with E-state index in [9.17, 15) is 9.90 Å². The van der Waals surface area contributed by atoms with Crippen LogP contribution in [0.25, 0.3) is 0 Å². The van der Waals surface area contributed by atoms with E-state index in [2.05, 4.69) is 27.7 Å². The molecule has 3 unspecified atom stereocenters. The van der Waals surface area contributed by atoms with Crippen LogP contribution in [0.15, 0.2) is 0 Å². The van der Waals surface area contributed by atoms with Gasteiger partial charge in [0.1, 0.15) is 0 Å². The molecule has 106 valence electrons. The highest BCUT2D eigenvalue weighted by Gasteiger charge is 2.36. The zero-order valence-corrected chi connectivity index (χ0v) is 12.5. The van der Waals surface area contributed by atoms with E-state index in [1.165, 1.54) is 12.8 Å². The van der Waals surface area contributed by atoms with E-state index >= 15 is 0 Å². The highest BCUT2D eigenvalue weighted by atomic mass is 16.4. The first-order chi connectivity index (χ1) is 8.49. The monoisotopic (exact) mass is 254 g/mol. The second-order valence-electron chi connectivity index (χ2n) is 6.44. The maximum absolute atomic E-state index is 11.4. The van der Waals surface area contributed by atoms with Crippen LogP contribution in [0.1, 0.15) is 66.2 Å². The lowest BCUT2D eigenvalue weighted by molar-refractivity contribution is -0.146. The van der Waals surface area contributed by atoms with E-state index in [0.717, 1.165) is 31.6 Å². The summed E-state index contributed by atoms with van der Waals surface area (Å²) in [5.41, 5.74) is 0. The molecular weight excluding hydrogens is 224 g/mol. The van der Waals surface area contributed by atoms with Gasteiger partial charge in [0.05, 0.1) is 5.92 Å². The van der Waals surface area contributed by atoms with Gasteiger partial charge in [0, 0.05) is 0 Å². The molecule has 0 radical (unpaired) electrons. The molecule has 0 aromatic carbocycles. The lowest BCUT2D eigenvalue weighted by Crippen LogP contribution is -2.33. The second-order valence-corrected chi connectivity index (χ2v) is 6.44. The minimum Gasteiger partial charge on any atom is -0.481 e. The number of hydrogen-bond donors (Lipinski definition) is 1. The maximum atomic E-state index is 11.4. The number of carbonyl (C=O) groups is 1. The van der Waals surface area contributed by atoms with Gasteiger partial charge in [-0.05, 0) is 49.4 Å². The van der Waals surface area contributed by atoms with Crippen molar-refractivity contribution in [3.63, 3.8) is 0 Å². The molecule has 1 fully saturated rings. The summed E-state index contributed by atoms with van der Waals surface area (Å²) in [5, 5.41) is 9.39. The molecule has 1 saturated carbocycles. The third-order valence-electron chi connectivity index (χ3n) is 5.07. The van der Waals surface area contributed by atoms with Crippen molar-refractivity contribution in [3.8, 4) is 0 Å². The van der Waals surface area contributed by atoms with Gasteiger partial charge in [-0.3, -0.25) is 4.79 Å². The molecule has 2 heteroatoms. The number of hydrogen-bond acceptors (Lipinski definition) is 1. The summed E-state index contributed by atoms with van der Waals surface area (Å²) >= 11 is 0. The van der Waals surface area contributed by atoms with E-state index in [0.29, 0.717) is 17.8 Å². The zero-order chi connectivity index (χ0) is 13.7. The fourth-order valence-corrected chi connectivity index (χ4v) is 3.54. The lowest BCUT2D eigenvalue weighted by atomic mass is 9.67. The zero-order valence-electron chi connectivity index (χ0n) is 12.5. The molecule has 0 amide bonds. The minimum atomic E-state index is -0.562. The van der Waals surface area contributed by atoms with Gasteiger partial charge in [-0.25, -0.2) is 0 Å². The summed E-state index contributed by atoms with van der Waals surface area (Å²) in [6.45, 7) is 9.01. The van der Waals surface area contributed by atoms with E-state index in [4.69, 9.17) is 0 Å². The Morgan fingerprint density at radius 2 is 1.83 bits per heavy atom. The molecule has 0 spiro atoms. The quantitative estimate of drug-likeness (QED) is 0.753. The summed E-state index contributed by atoms with van der Waals surface area (Å²) < 4.78 is 0. The van der Waals surface area contributed by atoms with E-state index in [1.54, 1.807) is 0 Å². The Kier molecular flexibility index (Phi) is 6.17. The fraction of sp³-hybridized carbons (Fsp3) is 0.938. The lowest BCUT2D eigenvalue weighted by Gasteiger charge is -2.37. The van der Waals surface area contributed by atoms with E-state index < -0.39 is 5.97 Å². The van der Waals surface area contributed by atoms with Crippen molar-refractivity contribution >= 4 is 5.97 Å². The average molecular weight is 254 g/mol. The van der Waals surface area contributed by atoms with Crippen LogP contribution in [0.5, 0.6) is 0 Å². The van der Waals surface area contributed by atoms with Gasteiger partial charge in [0.2, 0.25) is 0 Å². The van der Waals surface area contributed by atoms with Crippen LogP contribution < -0.4 is 0 Å². The highest BCUT2D eigenvalue weighted by Crippen LogP contribution is 2.41. The number of carboxylic acids is 1. The van der Waals surface area contributed by atoms with Crippen LogP contribution in [0.3, 0.4) is 0 Å². The van der Waals surface area contributed by atoms with Gasteiger partial charge in [-0.1, -0.05) is 40.5 Å². The van der Waals surface area contributed by atoms with E-state index in [-0.39, 0.29) is 5.92 Å². The van der Waals surface area contributed by atoms with Crippen molar-refractivity contribution in [2.45, 2.75) is 66.2 Å². The van der Waals surface area contributed by atoms with Gasteiger partial charge < -0.3 is 5.11 Å². The van der Waals surface area contributed by atoms with Gasteiger partial charge in [0.25, 0.3) is 0 Å². The van der Waals surface area contributed by atoms with Crippen LogP contribution in [-0.2, 0) is 4.79 Å². The molecular formula is C16H30O2. The third kappa shape index (κ3) is 4.00. The Morgan fingerprint density at radius 1 is 1.22 bits per heavy atom. The summed E-state index contributed by atoms with van der Waals surface area (Å²) in [5.74, 6) is 1.91. The van der Waals surface area contributed by atoms with Gasteiger partial charge in [0.15, 0.2) is 0 Å². The normalized spacial score (nSPS) is 28.9. The predicted molar refractivity (Wildman–Crippen MR) is 75.5 cm³/mol. The number of carboxylic acid groups (broad SMARTS) is 1. The first-order valence-electron chi connectivity index (χ1n) is 7.72. The van der Waals surface area contributed by atoms with Crippen LogP contribution in [0, 0.1) is 29.6 Å². The molecule has 0 heterocycles. The van der Waals surface area contributed by atoms with Crippen molar-refractivity contribution in [2.24, 2.45) is 29.6 Å². The Bertz CT molecular complexity index is 254. The molecule has 18 heavy (non-hydrogen) atoms. The molecule has 0 saturated heterocycles. The molecule has 0 aromatic rings. The first kappa shape index (κ1) is 15.5. The molecule has 0 aliphatic heterocycles. The molecule has 2 nitrogen and oxygen atoms in total. The Morgan fingerprint density at radius 3 is 2.28 bits per heavy atom. The standard InChI is InChI=1S/C16H30O2/c1-5-12(6-2)9-14-10-13(11(3)4)7-8-15(14)16(17)18/h11-15H,5-10H2,1-4H3,(H,17,18). The first-order valence-corrected chi connectivity index (χ1v) is 7.72. The average Bonchev–Trinajstić information content (AvgIpc) is 2.35. The summed E-state index contributed by atoms with van der Waals surface area (Å²) in [6, 6.07) is 0. The molecule has 1 aliphatic carbocycles. The summed E-state index contributed by atoms with van der Waals surface area (Å²) in [7, 11) is 0. The van der Waals surface area contributed by atoms with Crippen molar-refractivity contribution in [2.75, 3.05) is 0 Å².